The Morgan fingerprint density at radius 2 is 1.46 bits per heavy atom. The lowest BCUT2D eigenvalue weighted by molar-refractivity contribution is -0.193. The van der Waals surface area contributed by atoms with Crippen LogP contribution in [-0.4, -0.2) is 99.8 Å². The van der Waals surface area contributed by atoms with Crippen molar-refractivity contribution in [3.05, 3.63) is 35.1 Å². The van der Waals surface area contributed by atoms with E-state index in [2.05, 4.69) is 5.32 Å². The molecule has 0 radical (unpaired) electrons. The molecule has 5 N–H and O–H groups in total. The Morgan fingerprint density at radius 1 is 0.979 bits per heavy atom. The standard InChI is InChI=1S/C22H28F3N3O5S.2C2HF3O2/c1-11(10-34-12(2)29)21(31)28-9-15(7-19(28)22(32)33-3)27-20(30)6-14(26)4-13-5-17(24)18(25)8-16(13)23;2*3-2(4,5)1(6)7/h5,8,11,14-15,19H,4,6-7,9-10,26H2,1-3H3,(H,27,30);2*(H,6,7)/t11-,14-,15+,19+;;/m1../s1. The minimum absolute atomic E-state index is 0.0620. The molecule has 272 valence electrons. The smallest absolute Gasteiger partial charge is 0.475 e. The molecule has 0 unspecified atom stereocenters. The number of ether oxygens (including phenoxy) is 1. The Labute approximate surface area is 270 Å². The maximum absolute atomic E-state index is 13.8. The van der Waals surface area contributed by atoms with Crippen molar-refractivity contribution in [1.29, 1.82) is 0 Å². The van der Waals surface area contributed by atoms with Crippen LogP contribution in [0.4, 0.5) is 39.5 Å². The van der Waals surface area contributed by atoms with E-state index in [0.29, 0.717) is 12.1 Å². The number of methoxy groups -OCH3 is 1. The molecule has 48 heavy (non-hydrogen) atoms. The highest BCUT2D eigenvalue weighted by atomic mass is 32.2. The summed E-state index contributed by atoms with van der Waals surface area (Å²) in [7, 11) is 1.20. The number of nitrogens with two attached hydrogens (primary N) is 1. The first kappa shape index (κ1) is 43.9. The molecule has 2 amide bonds. The summed E-state index contributed by atoms with van der Waals surface area (Å²) >= 11 is 1.01. The fourth-order valence-electron chi connectivity index (χ4n) is 3.74. The number of alkyl halides is 6. The molecule has 2 rings (SSSR count). The first-order chi connectivity index (χ1) is 21.8. The summed E-state index contributed by atoms with van der Waals surface area (Å²) in [4.78, 5) is 67.8. The van der Waals surface area contributed by atoms with Crippen molar-refractivity contribution >= 4 is 46.6 Å². The Morgan fingerprint density at radius 3 is 1.90 bits per heavy atom. The number of likely N-dealkylation sites (tertiary alicyclic amines) is 1. The number of benzene rings is 1. The van der Waals surface area contributed by atoms with Crippen molar-refractivity contribution in [2.24, 2.45) is 11.7 Å². The summed E-state index contributed by atoms with van der Waals surface area (Å²) in [6.45, 7) is 3.10. The molecule has 1 heterocycles. The van der Waals surface area contributed by atoms with Crippen LogP contribution in [0.5, 0.6) is 0 Å². The molecule has 12 nitrogen and oxygen atoms in total. The van der Waals surface area contributed by atoms with Crippen LogP contribution >= 0.6 is 11.8 Å². The summed E-state index contributed by atoms with van der Waals surface area (Å²) in [5.74, 6) is -10.7. The number of hydrogen-bond donors (Lipinski definition) is 4. The second kappa shape index (κ2) is 19.1. The third-order valence-corrected chi connectivity index (χ3v) is 6.96. The van der Waals surface area contributed by atoms with Crippen LogP contribution in [0.1, 0.15) is 32.3 Å². The SMILES string of the molecule is COC(=O)[C@@H]1C[C@H](NC(=O)C[C@H](N)Cc2cc(F)c(F)cc2F)CN1C(=O)[C@H](C)CSC(C)=O.O=C(O)C(F)(F)F.O=C(O)C(F)(F)F. The number of esters is 1. The third-order valence-electron chi connectivity index (χ3n) is 5.88. The van der Waals surface area contributed by atoms with E-state index in [1.165, 1.54) is 18.9 Å². The largest absolute Gasteiger partial charge is 0.490 e. The van der Waals surface area contributed by atoms with Gasteiger partial charge in [0, 0.05) is 56.1 Å². The van der Waals surface area contributed by atoms with Gasteiger partial charge in [-0.05, 0) is 18.1 Å². The van der Waals surface area contributed by atoms with Crippen LogP contribution < -0.4 is 11.1 Å². The van der Waals surface area contributed by atoms with E-state index in [0.717, 1.165) is 11.8 Å². The lowest BCUT2D eigenvalue weighted by atomic mass is 10.0. The molecule has 4 atom stereocenters. The molecule has 1 saturated heterocycles. The highest BCUT2D eigenvalue weighted by molar-refractivity contribution is 8.13. The van der Waals surface area contributed by atoms with E-state index in [1.807, 2.05) is 0 Å². The maximum Gasteiger partial charge on any atom is 0.490 e. The van der Waals surface area contributed by atoms with E-state index in [-0.39, 0.29) is 48.1 Å². The molecule has 0 bridgehead atoms. The number of nitrogens with one attached hydrogen (secondary N) is 1. The van der Waals surface area contributed by atoms with E-state index >= 15 is 0 Å². The number of hydrogen-bond acceptors (Lipinski definition) is 9. The van der Waals surface area contributed by atoms with Gasteiger partial charge in [-0.2, -0.15) is 26.3 Å². The Hall–Kier alpha value is -4.08. The average Bonchev–Trinajstić information content (AvgIpc) is 3.36. The number of carbonyl (C=O) groups is 6. The maximum atomic E-state index is 13.8. The molecule has 0 aliphatic carbocycles. The number of rotatable bonds is 9. The van der Waals surface area contributed by atoms with Gasteiger partial charge in [-0.3, -0.25) is 14.4 Å². The van der Waals surface area contributed by atoms with E-state index in [1.54, 1.807) is 6.92 Å². The molecule has 0 saturated carbocycles. The number of aliphatic carboxylic acids is 2. The molecule has 22 heteroatoms. The average molecular weight is 732 g/mol. The van der Waals surface area contributed by atoms with Gasteiger partial charge in [0.15, 0.2) is 16.7 Å². The van der Waals surface area contributed by atoms with Gasteiger partial charge in [0.05, 0.1) is 7.11 Å². The molecule has 0 aromatic heterocycles. The first-order valence-corrected chi connectivity index (χ1v) is 14.1. The first-order valence-electron chi connectivity index (χ1n) is 13.1. The molecule has 1 aliphatic heterocycles. The van der Waals surface area contributed by atoms with Crippen LogP contribution in [-0.2, 0) is 39.9 Å². The lowest BCUT2D eigenvalue weighted by Gasteiger charge is -2.25. The minimum atomic E-state index is -5.08. The molecule has 0 spiro atoms. The zero-order valence-electron chi connectivity index (χ0n) is 25.1. The fraction of sp³-hybridized carbons (Fsp3) is 0.538. The van der Waals surface area contributed by atoms with E-state index in [9.17, 15) is 58.7 Å². The summed E-state index contributed by atoms with van der Waals surface area (Å²) < 4.78 is 109. The monoisotopic (exact) mass is 731 g/mol. The van der Waals surface area contributed by atoms with Crippen LogP contribution in [0, 0.1) is 23.4 Å². The van der Waals surface area contributed by atoms with Crippen molar-refractivity contribution in [3.8, 4) is 0 Å². The van der Waals surface area contributed by atoms with Gasteiger partial charge in [0.25, 0.3) is 0 Å². The number of thioether (sulfide) groups is 1. The highest BCUT2D eigenvalue weighted by Crippen LogP contribution is 2.24. The molecular formula is C26H30F9N3O9S. The van der Waals surface area contributed by atoms with Crippen molar-refractivity contribution in [2.75, 3.05) is 19.4 Å². The number of amides is 2. The van der Waals surface area contributed by atoms with Gasteiger partial charge in [-0.1, -0.05) is 18.7 Å². The normalized spacial score (nSPS) is 17.1. The molecule has 1 aliphatic rings. The molecule has 1 aromatic carbocycles. The van der Waals surface area contributed by atoms with E-state index < -0.39 is 77.7 Å². The van der Waals surface area contributed by atoms with E-state index in [4.69, 9.17) is 30.3 Å². The van der Waals surface area contributed by atoms with Crippen LogP contribution in [0.25, 0.3) is 0 Å². The molecule has 1 fully saturated rings. The fourth-order valence-corrected chi connectivity index (χ4v) is 4.37. The van der Waals surface area contributed by atoms with Crippen molar-refractivity contribution < 1.29 is 83.2 Å². The zero-order valence-corrected chi connectivity index (χ0v) is 25.9. The van der Waals surface area contributed by atoms with Crippen molar-refractivity contribution in [2.45, 2.75) is 63.6 Å². The lowest BCUT2D eigenvalue weighted by Crippen LogP contribution is -2.45. The Balaban J connectivity index is 0.00000131. The van der Waals surface area contributed by atoms with Gasteiger partial charge in [-0.15, -0.1) is 0 Å². The van der Waals surface area contributed by atoms with Crippen LogP contribution in [0.2, 0.25) is 0 Å². The summed E-state index contributed by atoms with van der Waals surface area (Å²) in [5.41, 5.74) is 5.74. The Bertz CT molecular complexity index is 1310. The van der Waals surface area contributed by atoms with Gasteiger partial charge >= 0.3 is 30.3 Å². The van der Waals surface area contributed by atoms with Gasteiger partial charge in [0.1, 0.15) is 11.9 Å². The summed E-state index contributed by atoms with van der Waals surface area (Å²) in [5, 5.41) is 16.8. The van der Waals surface area contributed by atoms with Gasteiger partial charge in [0.2, 0.25) is 11.8 Å². The van der Waals surface area contributed by atoms with Gasteiger partial charge < -0.3 is 30.9 Å². The van der Waals surface area contributed by atoms with Crippen molar-refractivity contribution in [3.63, 3.8) is 0 Å². The predicted molar refractivity (Wildman–Crippen MR) is 146 cm³/mol. The number of halogens is 9. The van der Waals surface area contributed by atoms with Crippen LogP contribution in [0.15, 0.2) is 12.1 Å². The predicted octanol–water partition coefficient (Wildman–Crippen LogP) is 2.80. The van der Waals surface area contributed by atoms with Gasteiger partial charge in [-0.25, -0.2) is 27.6 Å². The minimum Gasteiger partial charge on any atom is -0.475 e. The third kappa shape index (κ3) is 15.7. The number of carbonyl (C=O) groups excluding carboxylic acids is 4. The number of nitrogens with zero attached hydrogens (tertiary/aromatic N) is 1. The highest BCUT2D eigenvalue weighted by Gasteiger charge is 2.42. The summed E-state index contributed by atoms with van der Waals surface area (Å²) in [6, 6.07) is -1.20. The van der Waals surface area contributed by atoms with Crippen LogP contribution in [0.3, 0.4) is 0 Å². The summed E-state index contributed by atoms with van der Waals surface area (Å²) in [6.07, 6.45) is -10.5. The molecule has 1 aromatic rings. The topological polar surface area (TPSA) is 193 Å². The second-order valence-corrected chi connectivity index (χ2v) is 11.1. The second-order valence-electron chi connectivity index (χ2n) is 9.87. The number of carboxylic acid groups (broad SMARTS) is 2. The zero-order chi connectivity index (χ0) is 37.7. The number of carboxylic acids is 2. The van der Waals surface area contributed by atoms with Crippen molar-refractivity contribution in [1.82, 2.24) is 10.2 Å². The Kier molecular flexibility index (Phi) is 17.4. The quantitative estimate of drug-likeness (QED) is 0.166. The molecular weight excluding hydrogens is 701 g/mol.